The van der Waals surface area contributed by atoms with Crippen LogP contribution in [-0.2, 0) is 66.2 Å². The highest BCUT2D eigenvalue weighted by Crippen LogP contribution is 2.35. The summed E-state index contributed by atoms with van der Waals surface area (Å²) in [7, 11) is -2.33. The van der Waals surface area contributed by atoms with E-state index >= 15 is 0 Å². The van der Waals surface area contributed by atoms with E-state index in [1.54, 1.807) is 176 Å². The van der Waals surface area contributed by atoms with E-state index in [2.05, 4.69) is 27.3 Å². The van der Waals surface area contributed by atoms with E-state index in [4.69, 9.17) is 79.4 Å². The Kier molecular flexibility index (Phi) is 31.3. The zero-order chi connectivity index (χ0) is 93.8. The molecule has 10 aromatic carbocycles. The summed E-state index contributed by atoms with van der Waals surface area (Å²) < 4.78 is 95.5. The number of methoxy groups -OCH3 is 1. The number of ether oxygens (including phenoxy) is 5. The number of nitro groups is 1. The Hall–Kier alpha value is -15.1. The summed E-state index contributed by atoms with van der Waals surface area (Å²) >= 11 is 0. The molecule has 0 saturated carbocycles. The molecule has 0 bridgehead atoms. The Morgan fingerprint density at radius 1 is 0.504 bits per heavy atom. The molecule has 0 radical (unpaired) electrons. The van der Waals surface area contributed by atoms with Gasteiger partial charge in [-0.2, -0.15) is 17.5 Å². The monoisotopic (exact) mass is 1810 g/mol. The third-order valence-corrected chi connectivity index (χ3v) is 24.1. The number of benzene rings is 10. The number of fused-ring (bicyclic) bond motifs is 1. The van der Waals surface area contributed by atoms with Crippen molar-refractivity contribution in [3.63, 3.8) is 0 Å². The molecule has 19 N–H and O–H groups in total. The molecule has 0 spiro atoms. The molecule has 5 aliphatic heterocycles. The van der Waals surface area contributed by atoms with E-state index in [0.29, 0.717) is 127 Å². The van der Waals surface area contributed by atoms with Gasteiger partial charge in [0.05, 0.1) is 47.7 Å². The van der Waals surface area contributed by atoms with Crippen LogP contribution in [-0.4, -0.2) is 179 Å². The van der Waals surface area contributed by atoms with E-state index in [9.17, 15) is 55.7 Å². The SMILES string of the molecule is COc1ccc(CNC(=O)[C@@H]2C[C@@H](Oc3cccc(C(=N)N)c3)CN2C(C)=O)cc1.N=C(N)c1ccc(NC(=O)[C@@H]2C[C@@H](Oc3cccc(C(=N)N)c3)CN2Cc2ccc([N+](=O)[O-])cc2)cc1.N=C(N)c1cccc(O[C@@H]2C[C@@H](C(=O)N3CCc4ccccc4C3)N(S(=O)(=O)c3ccccc3)C2)c1.N=C(N)c1cccc(O[C@H]2CN[C@H](C(=O)Nc3ccc(C(F)(F)F)cc3)C2)c1. The Balaban J connectivity index is 0.000000159. The molecule has 10 aromatic rings. The van der Waals surface area contributed by atoms with Crippen molar-refractivity contribution in [1.29, 1.82) is 27.0 Å². The molecule has 5 aliphatic rings. The first-order valence-corrected chi connectivity index (χ1v) is 43.0. The van der Waals surface area contributed by atoms with Crippen LogP contribution in [0.25, 0.3) is 0 Å². The lowest BCUT2D eigenvalue weighted by molar-refractivity contribution is -0.384. The predicted octanol–water partition coefficient (Wildman–Crippen LogP) is 9.99. The summed E-state index contributed by atoms with van der Waals surface area (Å²) in [5, 5.41) is 60.3. The standard InChI is InChI=1S/C27H28N4O4S.C26H27N7O4.C22H26N4O4.C19H19F3N4O2/c28-26(29)20-9-6-10-22(15-20)35-23-16-25(31(18-23)36(33,34)24-11-2-1-3-12-24)27(32)30-14-13-19-7-4-5-8-21(19)17-30;27-24(28)17-6-8-19(9-7-17)31-26(34)23-13-22(37-21-3-1-2-18(12-21)25(29)30)15-32(23)14-16-4-10-20(11-5-16)33(35)36;1-14(27)26-13-19(30-18-5-3-4-16(10-18)21(23)24)11-20(26)22(28)25-12-15-6-8-17(29-2)9-7-15;20-19(21,22)12-4-6-13(7-5-12)26-18(27)16-9-15(10-25-16)28-14-3-1-2-11(8-14)17(23)24/h1-12,15,23,25H,13-14,16-18H2,(H3,28,29);1-12,22-23H,13-15H2,(H3,27,28)(H3,29,30)(H,31,34);3-10,19-20H,11-13H2,1-2H3,(H3,23,24)(H,25,28);1-8,15-16,25H,9-10H2,(H3,23,24)(H,26,27)/t23-,25+;22-,23+;19-,20+;15-,16+/m1111/s1. The molecular weight excluding hydrogens is 1710 g/mol. The van der Waals surface area contributed by atoms with Crippen molar-refractivity contribution in [3.05, 3.63) is 314 Å². The largest absolute Gasteiger partial charge is 0.497 e. The van der Waals surface area contributed by atoms with Crippen LogP contribution in [0.15, 0.2) is 254 Å². The summed E-state index contributed by atoms with van der Waals surface area (Å²) in [6, 6.07) is 65.8. The third-order valence-electron chi connectivity index (χ3n) is 22.2. The number of hydrogen-bond acceptors (Lipinski definition) is 21. The van der Waals surface area contributed by atoms with Gasteiger partial charge in [-0.3, -0.25) is 66.0 Å². The Morgan fingerprint density at radius 2 is 0.969 bits per heavy atom. The summed E-state index contributed by atoms with van der Waals surface area (Å²) in [5.74, 6) is 1.37. The number of non-ortho nitro benzene ring substituents is 1. The second kappa shape index (κ2) is 43.1. The van der Waals surface area contributed by atoms with E-state index in [1.165, 1.54) is 46.0 Å². The number of nitrogen functional groups attached to an aromatic ring is 5. The van der Waals surface area contributed by atoms with Gasteiger partial charge in [0, 0.05) is 123 Å². The number of carbonyl (C=O) groups excluding carboxylic acids is 5. The van der Waals surface area contributed by atoms with Gasteiger partial charge in [-0.15, -0.1) is 0 Å². The molecule has 33 nitrogen and oxygen atoms in total. The first-order chi connectivity index (χ1) is 62.6. The number of likely N-dealkylation sites (tertiary alicyclic amines) is 2. The van der Waals surface area contributed by atoms with Crippen LogP contribution in [0.4, 0.5) is 30.2 Å². The van der Waals surface area contributed by atoms with Crippen molar-refractivity contribution in [2.75, 3.05) is 50.5 Å². The summed E-state index contributed by atoms with van der Waals surface area (Å²) in [5.41, 5.74) is 34.6. The topological polar surface area (TPSA) is 519 Å². The molecule has 37 heteroatoms. The molecule has 131 heavy (non-hydrogen) atoms. The minimum Gasteiger partial charge on any atom is -0.497 e. The number of amides is 5. The second-order valence-electron chi connectivity index (χ2n) is 31.5. The number of nitrogens with zero attached hydrogens (tertiary/aromatic N) is 5. The number of sulfonamides is 1. The fourth-order valence-electron chi connectivity index (χ4n) is 15.5. The molecule has 4 fully saturated rings. The molecule has 0 aliphatic carbocycles. The average molecular weight is 1810 g/mol. The van der Waals surface area contributed by atoms with Crippen LogP contribution in [0.5, 0.6) is 28.7 Å². The molecule has 0 unspecified atom stereocenters. The van der Waals surface area contributed by atoms with Crippen LogP contribution in [0.2, 0.25) is 0 Å². The number of halogens is 3. The second-order valence-corrected chi connectivity index (χ2v) is 33.4. The van der Waals surface area contributed by atoms with Gasteiger partial charge in [0.15, 0.2) is 0 Å². The van der Waals surface area contributed by atoms with Crippen LogP contribution in [0.3, 0.4) is 0 Å². The summed E-state index contributed by atoms with van der Waals surface area (Å²) in [4.78, 5) is 80.2. The normalized spacial score (nSPS) is 18.6. The van der Waals surface area contributed by atoms with Crippen LogP contribution in [0.1, 0.15) is 88.2 Å². The highest BCUT2D eigenvalue weighted by Gasteiger charge is 2.48. The van der Waals surface area contributed by atoms with Crippen molar-refractivity contribution in [1.82, 2.24) is 29.6 Å². The number of anilines is 2. The summed E-state index contributed by atoms with van der Waals surface area (Å²) in [6.07, 6.45) is -3.68. The van der Waals surface area contributed by atoms with Gasteiger partial charge in [0.25, 0.3) is 5.69 Å². The third kappa shape index (κ3) is 25.7. The van der Waals surface area contributed by atoms with Crippen molar-refractivity contribution >= 4 is 85.8 Å². The Morgan fingerprint density at radius 3 is 1.47 bits per heavy atom. The van der Waals surface area contributed by atoms with Gasteiger partial charge in [0.2, 0.25) is 39.6 Å². The van der Waals surface area contributed by atoms with Crippen LogP contribution in [0, 0.1) is 37.2 Å². The molecule has 682 valence electrons. The fraction of sp³-hybridized carbons (Fsp3) is 0.255. The van der Waals surface area contributed by atoms with E-state index in [1.807, 2.05) is 47.4 Å². The van der Waals surface area contributed by atoms with Gasteiger partial charge >= 0.3 is 6.18 Å². The number of nitro benzene ring substituents is 1. The average Bonchev–Trinajstić information content (AvgIpc) is 1.66. The number of alkyl halides is 3. The predicted molar refractivity (Wildman–Crippen MR) is 487 cm³/mol. The van der Waals surface area contributed by atoms with Crippen LogP contribution >= 0.6 is 0 Å². The molecule has 15 rings (SSSR count). The summed E-state index contributed by atoms with van der Waals surface area (Å²) in [6.45, 7) is 4.45. The quantitative estimate of drug-likeness (QED) is 0.00984. The lowest BCUT2D eigenvalue weighted by Gasteiger charge is -2.33. The molecule has 5 heterocycles. The molecular formula is C94H100F3N19O14S. The minimum absolute atomic E-state index is 0.0000331. The van der Waals surface area contributed by atoms with Gasteiger partial charge < -0.3 is 83.4 Å². The smallest absolute Gasteiger partial charge is 0.416 e. The van der Waals surface area contributed by atoms with Crippen molar-refractivity contribution in [3.8, 4) is 28.7 Å². The Labute approximate surface area is 753 Å². The molecule has 0 aromatic heterocycles. The maximum atomic E-state index is 13.8. The fourth-order valence-corrected chi connectivity index (χ4v) is 17.1. The molecule has 5 amide bonds. The maximum absolute atomic E-state index is 13.8. The van der Waals surface area contributed by atoms with Gasteiger partial charge in [-0.25, -0.2) is 8.42 Å². The van der Waals surface area contributed by atoms with E-state index in [0.717, 1.165) is 41.0 Å². The van der Waals surface area contributed by atoms with Crippen molar-refractivity contribution < 1.29 is 74.2 Å². The van der Waals surface area contributed by atoms with Crippen molar-refractivity contribution in [2.45, 2.75) is 118 Å². The highest BCUT2D eigenvalue weighted by molar-refractivity contribution is 7.89. The maximum Gasteiger partial charge on any atom is 0.416 e. The zero-order valence-corrected chi connectivity index (χ0v) is 72.2. The lowest BCUT2D eigenvalue weighted by Crippen LogP contribution is -2.49. The molecule has 8 atom stereocenters. The number of hydrogen-bond donors (Lipinski definition) is 14. The first kappa shape index (κ1) is 95.0. The first-order valence-electron chi connectivity index (χ1n) is 41.6. The highest BCUT2D eigenvalue weighted by atomic mass is 32.2. The molecule has 4 saturated heterocycles. The zero-order valence-electron chi connectivity index (χ0n) is 71.4. The number of amidine groups is 5. The van der Waals surface area contributed by atoms with Gasteiger partial charge in [-0.05, 0) is 150 Å². The number of nitrogens with one attached hydrogen (secondary N) is 9. The van der Waals surface area contributed by atoms with Crippen molar-refractivity contribution in [2.24, 2.45) is 28.7 Å². The van der Waals surface area contributed by atoms with Gasteiger partial charge in [0.1, 0.15) is 94.4 Å². The number of rotatable bonds is 27. The van der Waals surface area contributed by atoms with E-state index in [-0.39, 0.29) is 101 Å². The van der Waals surface area contributed by atoms with Gasteiger partial charge in [-0.1, -0.05) is 115 Å². The van der Waals surface area contributed by atoms with E-state index < -0.39 is 57.0 Å². The number of nitrogens with two attached hydrogens (primary N) is 5. The van der Waals surface area contributed by atoms with Crippen LogP contribution < -0.4 is 73.6 Å². The minimum atomic E-state index is -4.42. The lowest BCUT2D eigenvalue weighted by atomic mass is 9.99. The number of carbonyl (C=O) groups is 5. The Bertz CT molecular complexity index is 5950.